The van der Waals surface area contributed by atoms with Crippen LogP contribution in [0.15, 0.2) is 58.4 Å². The van der Waals surface area contributed by atoms with Crippen molar-refractivity contribution < 1.29 is 8.42 Å². The molecular formula is C16H13N5O3S2. The lowest BCUT2D eigenvalue weighted by molar-refractivity contribution is 0.602. The zero-order chi connectivity index (χ0) is 18.3. The predicted molar refractivity (Wildman–Crippen MR) is 99.4 cm³/mol. The van der Waals surface area contributed by atoms with Crippen molar-refractivity contribution in [2.24, 2.45) is 0 Å². The van der Waals surface area contributed by atoms with Crippen molar-refractivity contribution in [3.63, 3.8) is 0 Å². The molecule has 0 bridgehead atoms. The molecule has 0 saturated carbocycles. The van der Waals surface area contributed by atoms with Crippen LogP contribution >= 0.6 is 11.7 Å². The van der Waals surface area contributed by atoms with E-state index in [4.69, 9.17) is 0 Å². The lowest BCUT2D eigenvalue weighted by Gasteiger charge is -2.13. The van der Waals surface area contributed by atoms with Gasteiger partial charge in [-0.05, 0) is 31.2 Å². The molecule has 132 valence electrons. The van der Waals surface area contributed by atoms with Crippen LogP contribution in [0.4, 0.5) is 5.69 Å². The van der Waals surface area contributed by atoms with E-state index in [1.165, 1.54) is 10.6 Å². The minimum atomic E-state index is -3.92. The van der Waals surface area contributed by atoms with Gasteiger partial charge >= 0.3 is 5.69 Å². The number of para-hydroxylation sites is 2. The average Bonchev–Trinajstić information content (AvgIpc) is 3.21. The summed E-state index contributed by atoms with van der Waals surface area (Å²) in [4.78, 5) is 14.7. The fraction of sp³-hybridized carbons (Fsp3) is 0.0625. The molecule has 0 aliphatic heterocycles. The second kappa shape index (κ2) is 6.07. The van der Waals surface area contributed by atoms with Crippen LogP contribution in [0.3, 0.4) is 0 Å². The fourth-order valence-corrected chi connectivity index (χ4v) is 4.55. The number of hydrogen-bond donors (Lipinski definition) is 2. The molecule has 0 amide bonds. The van der Waals surface area contributed by atoms with Gasteiger partial charge in [-0.2, -0.15) is 8.75 Å². The Morgan fingerprint density at radius 3 is 2.69 bits per heavy atom. The van der Waals surface area contributed by atoms with Gasteiger partial charge in [0, 0.05) is 11.9 Å². The van der Waals surface area contributed by atoms with Crippen molar-refractivity contribution in [1.82, 2.24) is 18.3 Å². The van der Waals surface area contributed by atoms with E-state index < -0.39 is 10.0 Å². The first-order valence-corrected chi connectivity index (χ1v) is 9.79. The summed E-state index contributed by atoms with van der Waals surface area (Å²) < 4.78 is 38.0. The molecule has 4 rings (SSSR count). The van der Waals surface area contributed by atoms with Crippen LogP contribution in [0.5, 0.6) is 0 Å². The minimum absolute atomic E-state index is 0.0386. The normalized spacial score (nSPS) is 11.7. The Hall–Kier alpha value is -2.98. The van der Waals surface area contributed by atoms with E-state index in [0.717, 1.165) is 11.7 Å². The summed E-state index contributed by atoms with van der Waals surface area (Å²) in [5, 5.41) is 0. The molecule has 0 fully saturated rings. The third kappa shape index (κ3) is 2.68. The van der Waals surface area contributed by atoms with Gasteiger partial charge in [0.25, 0.3) is 10.0 Å². The molecule has 4 aromatic rings. The molecule has 26 heavy (non-hydrogen) atoms. The summed E-state index contributed by atoms with van der Waals surface area (Å²) in [5.41, 5.74) is 1.87. The number of nitrogens with zero attached hydrogens (tertiary/aromatic N) is 3. The van der Waals surface area contributed by atoms with Crippen LogP contribution in [0.1, 0.15) is 5.69 Å². The molecule has 0 radical (unpaired) electrons. The average molecular weight is 387 g/mol. The highest BCUT2D eigenvalue weighted by Gasteiger charge is 2.21. The maximum Gasteiger partial charge on any atom is 0.330 e. The number of aromatic amines is 1. The van der Waals surface area contributed by atoms with Crippen LogP contribution in [0.2, 0.25) is 0 Å². The number of fused-ring (bicyclic) bond motifs is 1. The summed E-state index contributed by atoms with van der Waals surface area (Å²) in [7, 11) is -3.92. The maximum absolute atomic E-state index is 12.9. The monoisotopic (exact) mass is 387 g/mol. The number of hydrogen-bond acceptors (Lipinski definition) is 6. The van der Waals surface area contributed by atoms with Crippen LogP contribution in [-0.2, 0) is 10.0 Å². The second-order valence-corrected chi connectivity index (χ2v) is 7.76. The van der Waals surface area contributed by atoms with E-state index in [1.807, 2.05) is 0 Å². The van der Waals surface area contributed by atoms with Crippen LogP contribution < -0.4 is 10.4 Å². The Kier molecular flexibility index (Phi) is 3.85. The number of nitrogens with one attached hydrogen (secondary N) is 2. The molecule has 0 unspecified atom stereocenters. The van der Waals surface area contributed by atoms with E-state index >= 15 is 0 Å². The first kappa shape index (κ1) is 16.5. The second-order valence-electron chi connectivity index (χ2n) is 5.58. The van der Waals surface area contributed by atoms with Crippen molar-refractivity contribution in [2.75, 3.05) is 4.72 Å². The van der Waals surface area contributed by atoms with Gasteiger partial charge in [0.05, 0.1) is 23.1 Å². The van der Waals surface area contributed by atoms with Crippen molar-refractivity contribution in [2.45, 2.75) is 11.8 Å². The molecule has 0 atom stereocenters. The topological polar surface area (TPSA) is 110 Å². The smallest absolute Gasteiger partial charge is 0.312 e. The highest BCUT2D eigenvalue weighted by Crippen LogP contribution is 2.26. The Balaban J connectivity index is 1.84. The standard InChI is InChI=1S/C16H13N5O3S2/c1-10-9-17-16(22)21(10)13-7-3-2-5-11(13)20-26(23,24)14-8-4-6-12-15(14)19-25-18-12/h2-9,20H,1H3,(H,17,22). The highest BCUT2D eigenvalue weighted by molar-refractivity contribution is 7.93. The van der Waals surface area contributed by atoms with Gasteiger partial charge in [-0.3, -0.25) is 9.29 Å². The van der Waals surface area contributed by atoms with Crippen LogP contribution in [0, 0.1) is 6.92 Å². The van der Waals surface area contributed by atoms with Crippen molar-refractivity contribution in [1.29, 1.82) is 0 Å². The third-order valence-electron chi connectivity index (χ3n) is 3.89. The molecule has 0 aliphatic carbocycles. The minimum Gasteiger partial charge on any atom is -0.312 e. The molecular weight excluding hydrogens is 374 g/mol. The molecule has 0 aliphatic rings. The zero-order valence-corrected chi connectivity index (χ0v) is 15.1. The molecule has 2 heterocycles. The van der Waals surface area contributed by atoms with E-state index in [9.17, 15) is 13.2 Å². The van der Waals surface area contributed by atoms with E-state index in [-0.39, 0.29) is 16.3 Å². The largest absolute Gasteiger partial charge is 0.330 e. The number of H-pyrrole nitrogens is 1. The van der Waals surface area contributed by atoms with Gasteiger partial charge in [-0.25, -0.2) is 13.2 Å². The number of aromatic nitrogens is 4. The summed E-state index contributed by atoms with van der Waals surface area (Å²) in [5.74, 6) is 0. The van der Waals surface area contributed by atoms with Gasteiger partial charge in [0.15, 0.2) is 0 Å². The number of sulfonamides is 1. The lowest BCUT2D eigenvalue weighted by atomic mass is 10.2. The fourth-order valence-electron chi connectivity index (χ4n) is 2.71. The highest BCUT2D eigenvalue weighted by atomic mass is 32.2. The summed E-state index contributed by atoms with van der Waals surface area (Å²) >= 11 is 0.953. The molecule has 0 saturated heterocycles. The summed E-state index contributed by atoms with van der Waals surface area (Å²) in [6, 6.07) is 11.5. The Bertz CT molecular complexity index is 1270. The van der Waals surface area contributed by atoms with Gasteiger partial charge < -0.3 is 4.98 Å². The van der Waals surface area contributed by atoms with E-state index in [0.29, 0.717) is 22.4 Å². The van der Waals surface area contributed by atoms with Gasteiger partial charge in [0.2, 0.25) is 0 Å². The Morgan fingerprint density at radius 2 is 1.92 bits per heavy atom. The Labute approximate surface area is 152 Å². The lowest BCUT2D eigenvalue weighted by Crippen LogP contribution is -2.20. The van der Waals surface area contributed by atoms with Crippen molar-refractivity contribution in [3.8, 4) is 5.69 Å². The molecule has 2 aromatic heterocycles. The first-order valence-electron chi connectivity index (χ1n) is 7.58. The molecule has 10 heteroatoms. The molecule has 8 nitrogen and oxygen atoms in total. The number of benzene rings is 2. The third-order valence-corrected chi connectivity index (χ3v) is 5.83. The van der Waals surface area contributed by atoms with E-state index in [1.54, 1.807) is 49.5 Å². The first-order chi connectivity index (χ1) is 12.5. The van der Waals surface area contributed by atoms with Gasteiger partial charge in [0.1, 0.15) is 15.9 Å². The van der Waals surface area contributed by atoms with Crippen molar-refractivity contribution in [3.05, 3.63) is 64.8 Å². The van der Waals surface area contributed by atoms with Gasteiger partial charge in [-0.15, -0.1) is 0 Å². The van der Waals surface area contributed by atoms with Crippen LogP contribution in [0.25, 0.3) is 16.7 Å². The Morgan fingerprint density at radius 1 is 1.12 bits per heavy atom. The quantitative estimate of drug-likeness (QED) is 0.558. The van der Waals surface area contributed by atoms with E-state index in [2.05, 4.69) is 18.5 Å². The molecule has 2 N–H and O–H groups in total. The SMILES string of the molecule is Cc1c[nH]c(=O)n1-c1ccccc1NS(=O)(=O)c1cccc2nsnc12. The number of aryl methyl sites for hydroxylation is 1. The number of imidazole rings is 1. The summed E-state index contributed by atoms with van der Waals surface area (Å²) in [6.45, 7) is 1.75. The maximum atomic E-state index is 12.9. The van der Waals surface area contributed by atoms with Crippen molar-refractivity contribution >= 4 is 38.5 Å². The zero-order valence-electron chi connectivity index (χ0n) is 13.5. The predicted octanol–water partition coefficient (Wildman–Crippen LogP) is 2.28. The van der Waals surface area contributed by atoms with Gasteiger partial charge in [-0.1, -0.05) is 18.2 Å². The molecule has 2 aromatic carbocycles. The molecule has 0 spiro atoms. The number of rotatable bonds is 4. The number of anilines is 1. The van der Waals surface area contributed by atoms with Crippen LogP contribution in [-0.4, -0.2) is 26.7 Å². The summed E-state index contributed by atoms with van der Waals surface area (Å²) in [6.07, 6.45) is 1.56.